The molecule has 0 aliphatic carbocycles. The lowest BCUT2D eigenvalue weighted by Crippen LogP contribution is -2.19. The molecule has 0 radical (unpaired) electrons. The van der Waals surface area contributed by atoms with Crippen LogP contribution in [0.2, 0.25) is 0 Å². The summed E-state index contributed by atoms with van der Waals surface area (Å²) >= 11 is 0. The predicted molar refractivity (Wildman–Crippen MR) is 66.3 cm³/mol. The largest absolute Gasteiger partial charge is 0.506 e. The molecule has 1 saturated heterocycles. The Bertz CT molecular complexity index is 534. The first-order chi connectivity index (χ1) is 8.29. The highest BCUT2D eigenvalue weighted by atomic mass is 16.3. The van der Waals surface area contributed by atoms with Crippen LogP contribution in [-0.4, -0.2) is 39.0 Å². The van der Waals surface area contributed by atoms with Crippen molar-refractivity contribution in [2.75, 3.05) is 19.6 Å². The monoisotopic (exact) mass is 231 g/mol. The fourth-order valence-electron chi connectivity index (χ4n) is 2.66. The molecule has 0 bridgehead atoms. The Morgan fingerprint density at radius 1 is 1.53 bits per heavy atom. The molecule has 4 nitrogen and oxygen atoms in total. The SMILES string of the molecule is CCN1CCC(c2ncc3c(O)cccn23)C1. The topological polar surface area (TPSA) is 40.8 Å². The summed E-state index contributed by atoms with van der Waals surface area (Å²) in [5.74, 6) is 1.86. The van der Waals surface area contributed by atoms with Gasteiger partial charge in [-0.15, -0.1) is 0 Å². The average molecular weight is 231 g/mol. The first-order valence-electron chi connectivity index (χ1n) is 6.17. The van der Waals surface area contributed by atoms with Crippen LogP contribution < -0.4 is 0 Å². The summed E-state index contributed by atoms with van der Waals surface area (Å²) in [5, 5.41) is 9.75. The van der Waals surface area contributed by atoms with Gasteiger partial charge in [-0.3, -0.25) is 0 Å². The second-order valence-electron chi connectivity index (χ2n) is 4.64. The molecule has 0 aromatic carbocycles. The summed E-state index contributed by atoms with van der Waals surface area (Å²) in [7, 11) is 0. The van der Waals surface area contributed by atoms with E-state index < -0.39 is 0 Å². The zero-order valence-electron chi connectivity index (χ0n) is 10.0. The molecule has 1 aliphatic heterocycles. The van der Waals surface area contributed by atoms with Gasteiger partial charge in [-0.2, -0.15) is 0 Å². The predicted octanol–water partition coefficient (Wildman–Crippen LogP) is 1.85. The number of aromatic hydroxyl groups is 1. The fraction of sp³-hybridized carbons (Fsp3) is 0.462. The maximum Gasteiger partial charge on any atom is 0.141 e. The van der Waals surface area contributed by atoms with E-state index in [2.05, 4.69) is 16.8 Å². The zero-order chi connectivity index (χ0) is 11.8. The van der Waals surface area contributed by atoms with Crippen molar-refractivity contribution in [3.8, 4) is 5.75 Å². The number of likely N-dealkylation sites (tertiary alicyclic amines) is 1. The molecule has 0 amide bonds. The Morgan fingerprint density at radius 3 is 3.18 bits per heavy atom. The van der Waals surface area contributed by atoms with Crippen LogP contribution in [0, 0.1) is 0 Å². The molecule has 4 heteroatoms. The summed E-state index contributed by atoms with van der Waals surface area (Å²) in [6, 6.07) is 3.56. The zero-order valence-corrected chi connectivity index (χ0v) is 10.0. The molecule has 17 heavy (non-hydrogen) atoms. The highest BCUT2D eigenvalue weighted by molar-refractivity contribution is 5.58. The van der Waals surface area contributed by atoms with Crippen molar-refractivity contribution in [1.29, 1.82) is 0 Å². The maximum atomic E-state index is 9.75. The Kier molecular flexibility index (Phi) is 2.52. The van der Waals surface area contributed by atoms with Crippen molar-refractivity contribution in [2.24, 2.45) is 0 Å². The van der Waals surface area contributed by atoms with Crippen LogP contribution in [0.25, 0.3) is 5.52 Å². The highest BCUT2D eigenvalue weighted by Gasteiger charge is 2.26. The lowest BCUT2D eigenvalue weighted by atomic mass is 10.1. The molecular formula is C13H17N3O. The summed E-state index contributed by atoms with van der Waals surface area (Å²) < 4.78 is 2.01. The summed E-state index contributed by atoms with van der Waals surface area (Å²) in [5.41, 5.74) is 0.803. The van der Waals surface area contributed by atoms with Crippen molar-refractivity contribution in [3.05, 3.63) is 30.4 Å². The van der Waals surface area contributed by atoms with E-state index in [-0.39, 0.29) is 0 Å². The van der Waals surface area contributed by atoms with Crippen molar-refractivity contribution in [1.82, 2.24) is 14.3 Å². The van der Waals surface area contributed by atoms with Crippen LogP contribution in [0.3, 0.4) is 0 Å². The third kappa shape index (κ3) is 1.69. The van der Waals surface area contributed by atoms with Gasteiger partial charge in [0.25, 0.3) is 0 Å². The van der Waals surface area contributed by atoms with Crippen molar-refractivity contribution >= 4 is 5.52 Å². The van der Waals surface area contributed by atoms with Gasteiger partial charge in [0.15, 0.2) is 0 Å². The van der Waals surface area contributed by atoms with Gasteiger partial charge in [-0.25, -0.2) is 4.98 Å². The van der Waals surface area contributed by atoms with Gasteiger partial charge in [0, 0.05) is 18.7 Å². The van der Waals surface area contributed by atoms with Crippen molar-refractivity contribution in [2.45, 2.75) is 19.3 Å². The Hall–Kier alpha value is -1.55. The van der Waals surface area contributed by atoms with Crippen molar-refractivity contribution in [3.63, 3.8) is 0 Å². The molecule has 1 aliphatic rings. The second kappa shape index (κ2) is 4.04. The number of imidazole rings is 1. The molecule has 90 valence electrons. The molecule has 3 rings (SSSR count). The van der Waals surface area contributed by atoms with Gasteiger partial charge in [0.05, 0.1) is 6.20 Å². The highest BCUT2D eigenvalue weighted by Crippen LogP contribution is 2.28. The summed E-state index contributed by atoms with van der Waals surface area (Å²) in [4.78, 5) is 6.92. The number of hydrogen-bond donors (Lipinski definition) is 1. The van der Waals surface area contributed by atoms with E-state index in [1.807, 2.05) is 16.7 Å². The smallest absolute Gasteiger partial charge is 0.141 e. The molecule has 1 fully saturated rings. The Balaban J connectivity index is 1.99. The first-order valence-corrected chi connectivity index (χ1v) is 6.17. The third-order valence-electron chi connectivity index (χ3n) is 3.66. The average Bonchev–Trinajstić information content (AvgIpc) is 2.94. The fourth-order valence-corrected chi connectivity index (χ4v) is 2.66. The lowest BCUT2D eigenvalue weighted by Gasteiger charge is -2.12. The van der Waals surface area contributed by atoms with Crippen LogP contribution in [0.5, 0.6) is 5.75 Å². The molecule has 3 heterocycles. The van der Waals surface area contributed by atoms with Gasteiger partial charge in [0.2, 0.25) is 0 Å². The van der Waals surface area contributed by atoms with E-state index in [1.54, 1.807) is 12.3 Å². The number of pyridine rings is 1. The number of rotatable bonds is 2. The van der Waals surface area contributed by atoms with Gasteiger partial charge in [-0.1, -0.05) is 6.92 Å². The standard InChI is InChI=1S/C13H17N3O/c1-2-15-7-5-10(9-15)13-14-8-11-12(17)4-3-6-16(11)13/h3-4,6,8,10,17H,2,5,7,9H2,1H3. The van der Waals surface area contributed by atoms with E-state index >= 15 is 0 Å². The van der Waals surface area contributed by atoms with E-state index in [1.165, 1.54) is 0 Å². The van der Waals surface area contributed by atoms with Gasteiger partial charge in [0.1, 0.15) is 17.1 Å². The molecule has 0 spiro atoms. The van der Waals surface area contributed by atoms with Gasteiger partial charge >= 0.3 is 0 Å². The van der Waals surface area contributed by atoms with E-state index in [0.717, 1.165) is 37.4 Å². The van der Waals surface area contributed by atoms with Crippen LogP contribution >= 0.6 is 0 Å². The molecular weight excluding hydrogens is 214 g/mol. The Labute approximate surface area is 101 Å². The number of nitrogens with zero attached hydrogens (tertiary/aromatic N) is 3. The minimum absolute atomic E-state index is 0.302. The summed E-state index contributed by atoms with van der Waals surface area (Å²) in [6.07, 6.45) is 4.90. The Morgan fingerprint density at radius 2 is 2.41 bits per heavy atom. The summed E-state index contributed by atoms with van der Waals surface area (Å²) in [6.45, 7) is 5.52. The number of hydrogen-bond acceptors (Lipinski definition) is 3. The third-order valence-corrected chi connectivity index (χ3v) is 3.66. The number of fused-ring (bicyclic) bond motifs is 1. The second-order valence-corrected chi connectivity index (χ2v) is 4.64. The molecule has 2 aromatic heterocycles. The number of aromatic nitrogens is 2. The minimum atomic E-state index is 0.302. The van der Waals surface area contributed by atoms with Crippen molar-refractivity contribution < 1.29 is 5.11 Å². The van der Waals surface area contributed by atoms with E-state index in [4.69, 9.17) is 0 Å². The quantitative estimate of drug-likeness (QED) is 0.857. The maximum absolute atomic E-state index is 9.75. The van der Waals surface area contributed by atoms with Gasteiger partial charge < -0.3 is 14.4 Å². The van der Waals surface area contributed by atoms with Crippen LogP contribution in [-0.2, 0) is 0 Å². The van der Waals surface area contributed by atoms with Crippen LogP contribution in [0.4, 0.5) is 0 Å². The molecule has 1 unspecified atom stereocenters. The van der Waals surface area contributed by atoms with Crippen LogP contribution in [0.15, 0.2) is 24.5 Å². The van der Waals surface area contributed by atoms with E-state index in [0.29, 0.717) is 11.7 Å². The van der Waals surface area contributed by atoms with E-state index in [9.17, 15) is 5.11 Å². The normalized spacial score (nSPS) is 21.4. The molecule has 1 N–H and O–H groups in total. The van der Waals surface area contributed by atoms with Gasteiger partial charge in [-0.05, 0) is 31.6 Å². The molecule has 1 atom stereocenters. The van der Waals surface area contributed by atoms with Crippen LogP contribution in [0.1, 0.15) is 25.1 Å². The molecule has 0 saturated carbocycles. The minimum Gasteiger partial charge on any atom is -0.506 e. The molecule has 2 aromatic rings. The lowest BCUT2D eigenvalue weighted by molar-refractivity contribution is 0.352. The number of likely N-dealkylation sites (N-methyl/N-ethyl adjacent to an activating group) is 1. The first kappa shape index (κ1) is 10.6.